The summed E-state index contributed by atoms with van der Waals surface area (Å²) < 4.78 is 0. The number of piperidine rings is 1. The van der Waals surface area contributed by atoms with Crippen molar-refractivity contribution in [2.75, 3.05) is 26.2 Å². The van der Waals surface area contributed by atoms with E-state index in [0.717, 1.165) is 42.3 Å². The standard InChI is InChI=1S/C26H31N5O3/c32-24(33)16-23(20-15-19-5-1-2-8-22(19)28-17-20)31-14-13-30(26(31)34)12-4-7-21-10-9-18-6-3-11-27-25(18)29-21/h1-2,5,8-10,15,17,23,25,27,29H,3-4,6-7,11-14,16H2,(H,32,33)/t23-,25?/m1/s1. The second kappa shape index (κ2) is 9.85. The molecule has 3 aliphatic rings. The quantitative estimate of drug-likeness (QED) is 0.558. The lowest BCUT2D eigenvalue weighted by molar-refractivity contribution is -0.138. The van der Waals surface area contributed by atoms with Crippen LogP contribution >= 0.6 is 0 Å². The number of dihydropyridines is 1. The van der Waals surface area contributed by atoms with E-state index in [-0.39, 0.29) is 18.6 Å². The van der Waals surface area contributed by atoms with Gasteiger partial charge in [0.05, 0.1) is 24.1 Å². The maximum atomic E-state index is 13.2. The molecule has 3 aliphatic heterocycles. The van der Waals surface area contributed by atoms with Gasteiger partial charge in [0.2, 0.25) is 0 Å². The predicted molar refractivity (Wildman–Crippen MR) is 130 cm³/mol. The third-order valence-electron chi connectivity index (χ3n) is 6.93. The molecular weight excluding hydrogens is 430 g/mol. The second-order valence-electron chi connectivity index (χ2n) is 9.21. The molecule has 0 bridgehead atoms. The van der Waals surface area contributed by atoms with E-state index in [1.165, 1.54) is 17.7 Å². The van der Waals surface area contributed by atoms with Crippen molar-refractivity contribution < 1.29 is 14.7 Å². The Labute approximate surface area is 199 Å². The van der Waals surface area contributed by atoms with Crippen molar-refractivity contribution >= 4 is 22.9 Å². The summed E-state index contributed by atoms with van der Waals surface area (Å²) in [4.78, 5) is 32.9. The van der Waals surface area contributed by atoms with Crippen molar-refractivity contribution in [3.63, 3.8) is 0 Å². The Hall–Kier alpha value is -3.39. The molecule has 178 valence electrons. The minimum Gasteiger partial charge on any atom is -0.481 e. The number of urea groups is 1. The van der Waals surface area contributed by atoms with Gasteiger partial charge in [-0.1, -0.05) is 24.3 Å². The van der Waals surface area contributed by atoms with E-state index in [0.29, 0.717) is 19.6 Å². The van der Waals surface area contributed by atoms with E-state index in [1.807, 2.05) is 35.2 Å². The van der Waals surface area contributed by atoms with Gasteiger partial charge in [-0.3, -0.25) is 15.1 Å². The number of carboxylic acids is 1. The van der Waals surface area contributed by atoms with Gasteiger partial charge >= 0.3 is 12.0 Å². The van der Waals surface area contributed by atoms with Gasteiger partial charge in [0.1, 0.15) is 0 Å². The molecule has 0 radical (unpaired) electrons. The van der Waals surface area contributed by atoms with Crippen molar-refractivity contribution in [3.05, 3.63) is 65.5 Å². The van der Waals surface area contributed by atoms with E-state index in [4.69, 9.17) is 0 Å². The van der Waals surface area contributed by atoms with Crippen LogP contribution < -0.4 is 10.6 Å². The predicted octanol–water partition coefficient (Wildman–Crippen LogP) is 3.39. The van der Waals surface area contributed by atoms with Crippen LogP contribution in [0.4, 0.5) is 4.79 Å². The summed E-state index contributed by atoms with van der Waals surface area (Å²) in [6, 6.07) is 9.05. The van der Waals surface area contributed by atoms with Gasteiger partial charge in [-0.05, 0) is 61.6 Å². The Morgan fingerprint density at radius 2 is 2.12 bits per heavy atom. The minimum atomic E-state index is -0.927. The number of hydrogen-bond donors (Lipinski definition) is 3. The molecule has 8 heteroatoms. The molecule has 0 spiro atoms. The van der Waals surface area contributed by atoms with Gasteiger partial charge in [-0.2, -0.15) is 0 Å². The SMILES string of the molecule is O=C(O)C[C@H](c1cnc2ccccc2c1)N1CCN(CCCC2=CC=C3CCCNC3N2)C1=O. The Bertz CT molecular complexity index is 1140. The molecule has 2 amide bonds. The molecule has 2 aromatic rings. The van der Waals surface area contributed by atoms with Gasteiger partial charge in [-0.15, -0.1) is 0 Å². The fraction of sp³-hybridized carbons (Fsp3) is 0.423. The topological polar surface area (TPSA) is 97.8 Å². The molecule has 4 heterocycles. The average molecular weight is 462 g/mol. The van der Waals surface area contributed by atoms with Crippen molar-refractivity contribution in [2.24, 2.45) is 0 Å². The van der Waals surface area contributed by atoms with Crippen LogP contribution in [0.15, 0.2) is 60.0 Å². The number of aromatic nitrogens is 1. The highest BCUT2D eigenvalue weighted by molar-refractivity contribution is 5.81. The van der Waals surface area contributed by atoms with Gasteiger partial charge in [-0.25, -0.2) is 4.79 Å². The molecule has 2 fully saturated rings. The Balaban J connectivity index is 1.22. The van der Waals surface area contributed by atoms with E-state index in [9.17, 15) is 14.7 Å². The molecule has 8 nitrogen and oxygen atoms in total. The van der Waals surface area contributed by atoms with Crippen LogP contribution in [0.1, 0.15) is 43.7 Å². The lowest BCUT2D eigenvalue weighted by Gasteiger charge is -2.32. The Kier molecular flexibility index (Phi) is 6.49. The number of carbonyl (C=O) groups is 2. The maximum Gasteiger partial charge on any atom is 0.320 e. The number of rotatable bonds is 8. The summed E-state index contributed by atoms with van der Waals surface area (Å²) in [6.07, 6.45) is 10.2. The van der Waals surface area contributed by atoms with E-state index in [1.54, 1.807) is 11.1 Å². The number of fused-ring (bicyclic) bond motifs is 2. The number of nitrogens with zero attached hydrogens (tertiary/aromatic N) is 3. The number of aliphatic carboxylic acids is 1. The maximum absolute atomic E-state index is 13.2. The molecule has 1 aromatic heterocycles. The molecular formula is C26H31N5O3. The van der Waals surface area contributed by atoms with Crippen molar-refractivity contribution in [3.8, 4) is 0 Å². The van der Waals surface area contributed by atoms with Gasteiger partial charge in [0.25, 0.3) is 0 Å². The first-order valence-corrected chi connectivity index (χ1v) is 12.1. The lowest BCUT2D eigenvalue weighted by atomic mass is 9.99. The number of amides is 2. The van der Waals surface area contributed by atoms with E-state index in [2.05, 4.69) is 27.8 Å². The third kappa shape index (κ3) is 4.77. The fourth-order valence-electron chi connectivity index (χ4n) is 5.14. The van der Waals surface area contributed by atoms with Crippen LogP contribution in [0.5, 0.6) is 0 Å². The van der Waals surface area contributed by atoms with Gasteiger partial charge < -0.3 is 20.2 Å². The summed E-state index contributed by atoms with van der Waals surface area (Å²) in [5.41, 5.74) is 4.21. The fourth-order valence-corrected chi connectivity index (χ4v) is 5.14. The van der Waals surface area contributed by atoms with Gasteiger partial charge in [0, 0.05) is 36.9 Å². The Morgan fingerprint density at radius 1 is 1.24 bits per heavy atom. The first-order valence-electron chi connectivity index (χ1n) is 12.1. The summed E-state index contributed by atoms with van der Waals surface area (Å²) >= 11 is 0. The first-order chi connectivity index (χ1) is 16.6. The number of pyridine rings is 1. The number of benzene rings is 1. The molecule has 5 rings (SSSR count). The molecule has 2 atom stereocenters. The highest BCUT2D eigenvalue weighted by atomic mass is 16.4. The molecule has 2 saturated heterocycles. The highest BCUT2D eigenvalue weighted by Crippen LogP contribution is 2.30. The zero-order valence-corrected chi connectivity index (χ0v) is 19.2. The lowest BCUT2D eigenvalue weighted by Crippen LogP contribution is -2.47. The second-order valence-corrected chi connectivity index (χ2v) is 9.21. The van der Waals surface area contributed by atoms with E-state index >= 15 is 0 Å². The minimum absolute atomic E-state index is 0.0962. The Morgan fingerprint density at radius 3 is 3.00 bits per heavy atom. The summed E-state index contributed by atoms with van der Waals surface area (Å²) in [5.74, 6) is -0.927. The zero-order chi connectivity index (χ0) is 23.5. The first kappa shape index (κ1) is 22.4. The highest BCUT2D eigenvalue weighted by Gasteiger charge is 2.35. The smallest absolute Gasteiger partial charge is 0.320 e. The van der Waals surface area contributed by atoms with Crippen LogP contribution in [0, 0.1) is 0 Å². The molecule has 1 aromatic carbocycles. The number of nitrogens with one attached hydrogen (secondary N) is 2. The zero-order valence-electron chi connectivity index (χ0n) is 19.2. The van der Waals surface area contributed by atoms with Crippen LogP contribution in [0.2, 0.25) is 0 Å². The van der Waals surface area contributed by atoms with E-state index < -0.39 is 12.0 Å². The number of para-hydroxylation sites is 1. The average Bonchev–Trinajstić information content (AvgIpc) is 3.22. The molecule has 3 N–H and O–H groups in total. The largest absolute Gasteiger partial charge is 0.481 e. The number of hydrogen-bond acceptors (Lipinski definition) is 5. The van der Waals surface area contributed by atoms with Crippen molar-refractivity contribution in [2.45, 2.75) is 44.3 Å². The summed E-state index contributed by atoms with van der Waals surface area (Å²) in [7, 11) is 0. The van der Waals surface area contributed by atoms with Crippen molar-refractivity contribution in [1.82, 2.24) is 25.4 Å². The van der Waals surface area contributed by atoms with Crippen LogP contribution in [-0.2, 0) is 4.79 Å². The number of allylic oxidation sites excluding steroid dienone is 3. The normalized spacial score (nSPS) is 21.1. The molecule has 0 aliphatic carbocycles. The van der Waals surface area contributed by atoms with Crippen LogP contribution in [0.3, 0.4) is 0 Å². The molecule has 1 unspecified atom stereocenters. The molecule has 0 saturated carbocycles. The summed E-state index contributed by atoms with van der Waals surface area (Å²) in [6.45, 7) is 2.81. The van der Waals surface area contributed by atoms with Crippen LogP contribution in [-0.4, -0.2) is 64.2 Å². The summed E-state index contributed by atoms with van der Waals surface area (Å²) in [5, 5.41) is 17.6. The van der Waals surface area contributed by atoms with Gasteiger partial charge in [0.15, 0.2) is 0 Å². The third-order valence-corrected chi connectivity index (χ3v) is 6.93. The monoisotopic (exact) mass is 461 g/mol. The number of carboxylic acid groups (broad SMARTS) is 1. The molecule has 34 heavy (non-hydrogen) atoms. The number of carbonyl (C=O) groups excluding carboxylic acids is 1. The van der Waals surface area contributed by atoms with Crippen molar-refractivity contribution in [1.29, 1.82) is 0 Å². The van der Waals surface area contributed by atoms with Crippen LogP contribution in [0.25, 0.3) is 10.9 Å².